The van der Waals surface area contributed by atoms with Gasteiger partial charge in [-0.2, -0.15) is 4.57 Å². The summed E-state index contributed by atoms with van der Waals surface area (Å²) >= 11 is 1.88. The average Bonchev–Trinajstić information content (AvgIpc) is 2.44. The highest BCUT2D eigenvalue weighted by Crippen LogP contribution is 2.19. The highest BCUT2D eigenvalue weighted by Gasteiger charge is 2.14. The smallest absolute Gasteiger partial charge is 0.186 e. The number of benzene rings is 1. The van der Waals surface area contributed by atoms with E-state index < -0.39 is 0 Å². The maximum Gasteiger partial charge on any atom is 0.235 e. The summed E-state index contributed by atoms with van der Waals surface area (Å²) in [4.78, 5) is 0. The van der Waals surface area contributed by atoms with Gasteiger partial charge in [0.15, 0.2) is 0 Å². The molecule has 0 aliphatic heterocycles. The number of nitrogens with zero attached hydrogens (tertiary/aromatic N) is 1. The zero-order valence-electron chi connectivity index (χ0n) is 8.08. The third-order valence-corrected chi connectivity index (χ3v) is 3.32. The lowest BCUT2D eigenvalue weighted by Crippen LogP contribution is -2.34. The highest BCUT2D eigenvalue weighted by atomic mass is 32.1. The van der Waals surface area contributed by atoms with E-state index in [4.69, 9.17) is 0 Å². The van der Waals surface area contributed by atoms with Crippen molar-refractivity contribution in [3.8, 4) is 0 Å². The molecule has 1 aromatic carbocycles. The van der Waals surface area contributed by atoms with Crippen molar-refractivity contribution in [2.75, 3.05) is 0 Å². The van der Waals surface area contributed by atoms with Crippen LogP contribution in [-0.2, 0) is 6.54 Å². The number of thiazole rings is 1. The number of aryl methyl sites for hydroxylation is 2. The van der Waals surface area contributed by atoms with Crippen molar-refractivity contribution in [2.45, 2.75) is 26.8 Å². The standard InChI is InChI=1S/C11H14NS/c1-3-8-12-9(2)13-11-7-5-4-6-10(11)12/h4-7H,3,8H2,1-2H3/q+1. The Balaban J connectivity index is 2.64. The molecule has 0 N–H and O–H groups in total. The summed E-state index contributed by atoms with van der Waals surface area (Å²) in [6, 6.07) is 8.61. The second kappa shape index (κ2) is 3.46. The van der Waals surface area contributed by atoms with Crippen LogP contribution in [0.15, 0.2) is 24.3 Å². The number of hydrogen-bond donors (Lipinski definition) is 0. The van der Waals surface area contributed by atoms with Crippen molar-refractivity contribution < 1.29 is 4.57 Å². The molecule has 0 saturated carbocycles. The molecule has 1 aromatic heterocycles. The van der Waals surface area contributed by atoms with Gasteiger partial charge in [-0.05, 0) is 6.07 Å². The van der Waals surface area contributed by atoms with Gasteiger partial charge in [-0.1, -0.05) is 30.4 Å². The molecule has 1 nitrogen and oxygen atoms in total. The fraction of sp³-hybridized carbons (Fsp3) is 0.364. The van der Waals surface area contributed by atoms with E-state index in [-0.39, 0.29) is 0 Å². The van der Waals surface area contributed by atoms with E-state index in [1.807, 2.05) is 11.3 Å². The second-order valence-electron chi connectivity index (χ2n) is 3.24. The topological polar surface area (TPSA) is 3.88 Å². The van der Waals surface area contributed by atoms with Crippen LogP contribution in [0.1, 0.15) is 18.4 Å². The third kappa shape index (κ3) is 1.46. The molecule has 0 aliphatic rings. The van der Waals surface area contributed by atoms with Gasteiger partial charge in [-0.25, -0.2) is 0 Å². The normalized spacial score (nSPS) is 10.9. The van der Waals surface area contributed by atoms with Crippen molar-refractivity contribution in [1.29, 1.82) is 0 Å². The fourth-order valence-electron chi connectivity index (χ4n) is 1.65. The quantitative estimate of drug-likeness (QED) is 0.644. The third-order valence-electron chi connectivity index (χ3n) is 2.24. The van der Waals surface area contributed by atoms with Gasteiger partial charge < -0.3 is 0 Å². The van der Waals surface area contributed by atoms with E-state index in [2.05, 4.69) is 42.7 Å². The summed E-state index contributed by atoms with van der Waals surface area (Å²) in [7, 11) is 0. The molecule has 2 heteroatoms. The monoisotopic (exact) mass is 192 g/mol. The van der Waals surface area contributed by atoms with Crippen molar-refractivity contribution in [3.63, 3.8) is 0 Å². The lowest BCUT2D eigenvalue weighted by Gasteiger charge is -1.91. The maximum atomic E-state index is 2.40. The Morgan fingerprint density at radius 3 is 2.85 bits per heavy atom. The molecule has 13 heavy (non-hydrogen) atoms. The second-order valence-corrected chi connectivity index (χ2v) is 4.48. The van der Waals surface area contributed by atoms with Crippen LogP contribution in [-0.4, -0.2) is 0 Å². The van der Waals surface area contributed by atoms with Crippen LogP contribution >= 0.6 is 11.3 Å². The zero-order chi connectivity index (χ0) is 9.26. The molecule has 0 aliphatic carbocycles. The number of fused-ring (bicyclic) bond motifs is 1. The molecule has 0 amide bonds. The molecule has 0 spiro atoms. The molecule has 0 radical (unpaired) electrons. The molecular weight excluding hydrogens is 178 g/mol. The van der Waals surface area contributed by atoms with Crippen molar-refractivity contribution in [1.82, 2.24) is 0 Å². The molecule has 0 unspecified atom stereocenters. The van der Waals surface area contributed by atoms with Gasteiger partial charge in [0, 0.05) is 19.4 Å². The summed E-state index contributed by atoms with van der Waals surface area (Å²) in [5.41, 5.74) is 1.38. The predicted molar refractivity (Wildman–Crippen MR) is 57.0 cm³/mol. The summed E-state index contributed by atoms with van der Waals surface area (Å²) < 4.78 is 3.80. The SMILES string of the molecule is CCC[n+]1c(C)sc2ccccc21. The predicted octanol–water partition coefficient (Wildman–Crippen LogP) is 2.91. The minimum atomic E-state index is 1.13. The van der Waals surface area contributed by atoms with E-state index in [0.717, 1.165) is 6.54 Å². The first kappa shape index (κ1) is 8.70. The van der Waals surface area contributed by atoms with Crippen molar-refractivity contribution in [3.05, 3.63) is 29.3 Å². The Hall–Kier alpha value is -0.890. The molecule has 2 rings (SSSR count). The minimum Gasteiger partial charge on any atom is -0.186 e. The van der Waals surface area contributed by atoms with E-state index in [0.29, 0.717) is 0 Å². The van der Waals surface area contributed by atoms with Crippen LogP contribution in [0.3, 0.4) is 0 Å². The molecular formula is C11H14NS+. The Morgan fingerprint density at radius 1 is 1.31 bits per heavy atom. The van der Waals surface area contributed by atoms with E-state index >= 15 is 0 Å². The molecule has 68 valence electrons. The largest absolute Gasteiger partial charge is 0.235 e. The van der Waals surface area contributed by atoms with Crippen LogP contribution in [0, 0.1) is 6.92 Å². The molecule has 0 atom stereocenters. The van der Waals surface area contributed by atoms with Gasteiger partial charge in [-0.3, -0.25) is 0 Å². The van der Waals surface area contributed by atoms with Crippen LogP contribution in [0.5, 0.6) is 0 Å². The molecule has 2 aromatic rings. The number of para-hydroxylation sites is 1. The molecule has 0 bridgehead atoms. The fourth-order valence-corrected chi connectivity index (χ4v) is 2.70. The van der Waals surface area contributed by atoms with E-state index in [9.17, 15) is 0 Å². The van der Waals surface area contributed by atoms with Crippen LogP contribution in [0.4, 0.5) is 0 Å². The lowest BCUT2D eigenvalue weighted by atomic mass is 10.3. The van der Waals surface area contributed by atoms with Gasteiger partial charge in [0.2, 0.25) is 10.5 Å². The van der Waals surface area contributed by atoms with Gasteiger partial charge in [-0.15, -0.1) is 0 Å². The van der Waals surface area contributed by atoms with Gasteiger partial charge in [0.05, 0.1) is 0 Å². The summed E-state index contributed by atoms with van der Waals surface area (Å²) in [6.07, 6.45) is 1.20. The first-order valence-corrected chi connectivity index (χ1v) is 5.52. The van der Waals surface area contributed by atoms with Crippen molar-refractivity contribution in [2.24, 2.45) is 0 Å². The lowest BCUT2D eigenvalue weighted by molar-refractivity contribution is -0.672. The maximum absolute atomic E-state index is 2.40. The number of rotatable bonds is 2. The summed E-state index contributed by atoms with van der Waals surface area (Å²) in [6.45, 7) is 5.55. The number of hydrogen-bond acceptors (Lipinski definition) is 1. The van der Waals surface area contributed by atoms with Crippen LogP contribution in [0.2, 0.25) is 0 Å². The van der Waals surface area contributed by atoms with Gasteiger partial charge >= 0.3 is 0 Å². The van der Waals surface area contributed by atoms with Crippen molar-refractivity contribution >= 4 is 21.6 Å². The summed E-state index contributed by atoms with van der Waals surface area (Å²) in [5, 5.41) is 1.41. The summed E-state index contributed by atoms with van der Waals surface area (Å²) in [5.74, 6) is 0. The van der Waals surface area contributed by atoms with Crippen LogP contribution in [0.25, 0.3) is 10.2 Å². The Labute approximate surface area is 82.6 Å². The average molecular weight is 192 g/mol. The highest BCUT2D eigenvalue weighted by molar-refractivity contribution is 7.18. The Morgan fingerprint density at radius 2 is 2.08 bits per heavy atom. The first-order chi connectivity index (χ1) is 6.33. The minimum absolute atomic E-state index is 1.13. The van der Waals surface area contributed by atoms with Gasteiger partial charge in [0.1, 0.15) is 11.2 Å². The first-order valence-electron chi connectivity index (χ1n) is 4.71. The van der Waals surface area contributed by atoms with Gasteiger partial charge in [0.25, 0.3) is 0 Å². The number of aromatic nitrogens is 1. The zero-order valence-corrected chi connectivity index (χ0v) is 8.90. The van der Waals surface area contributed by atoms with Crippen LogP contribution < -0.4 is 4.57 Å². The molecule has 1 heterocycles. The van der Waals surface area contributed by atoms with E-state index in [1.165, 1.54) is 21.6 Å². The van der Waals surface area contributed by atoms with E-state index in [1.54, 1.807) is 0 Å². The Bertz CT molecular complexity index is 417. The molecule has 0 fully saturated rings. The Kier molecular flexibility index (Phi) is 2.32. The molecule has 0 saturated heterocycles.